The predicted molar refractivity (Wildman–Crippen MR) is 67.1 cm³/mol. The number of primary amides is 1. The maximum atomic E-state index is 11.1. The van der Waals surface area contributed by atoms with Crippen LogP contribution in [-0.4, -0.2) is 17.6 Å². The Morgan fingerprint density at radius 1 is 1.47 bits per heavy atom. The number of hydrogen-bond donors (Lipinski definition) is 1. The minimum absolute atomic E-state index is 0.260. The van der Waals surface area contributed by atoms with E-state index in [0.717, 1.165) is 27.9 Å². The normalized spacial score (nSPS) is 10.8. The van der Waals surface area contributed by atoms with Gasteiger partial charge in [-0.15, -0.1) is 0 Å². The maximum absolute atomic E-state index is 11.1. The molecule has 4 heteroatoms. The first kappa shape index (κ1) is 11.5. The average molecular weight is 232 g/mol. The third-order valence-corrected chi connectivity index (χ3v) is 3.17. The highest BCUT2D eigenvalue weighted by Gasteiger charge is 2.16. The van der Waals surface area contributed by atoms with Crippen LogP contribution in [0.1, 0.15) is 11.3 Å². The zero-order valence-electron chi connectivity index (χ0n) is 10.3. The molecule has 0 fully saturated rings. The van der Waals surface area contributed by atoms with Crippen molar-refractivity contribution in [2.24, 2.45) is 12.8 Å². The number of carbonyl (C=O) groups is 1. The summed E-state index contributed by atoms with van der Waals surface area (Å²) >= 11 is 0. The van der Waals surface area contributed by atoms with Gasteiger partial charge in [0.2, 0.25) is 5.91 Å². The van der Waals surface area contributed by atoms with Gasteiger partial charge in [0.25, 0.3) is 0 Å². The van der Waals surface area contributed by atoms with Gasteiger partial charge in [-0.1, -0.05) is 12.1 Å². The van der Waals surface area contributed by atoms with E-state index in [9.17, 15) is 4.79 Å². The molecule has 0 atom stereocenters. The average Bonchev–Trinajstić information content (AvgIpc) is 2.54. The topological polar surface area (TPSA) is 57.2 Å². The molecule has 0 aliphatic carbocycles. The molecule has 0 saturated heterocycles. The fraction of sp³-hybridized carbons (Fsp3) is 0.308. The van der Waals surface area contributed by atoms with Crippen LogP contribution in [-0.2, 0) is 18.3 Å². The van der Waals surface area contributed by atoms with Crippen molar-refractivity contribution in [3.05, 3.63) is 29.5 Å². The lowest BCUT2D eigenvalue weighted by atomic mass is 10.1. The molecule has 1 heterocycles. The molecular weight excluding hydrogens is 216 g/mol. The van der Waals surface area contributed by atoms with Crippen LogP contribution in [0.25, 0.3) is 10.9 Å². The second-order valence-electron chi connectivity index (χ2n) is 4.12. The number of para-hydroxylation sites is 1. The van der Waals surface area contributed by atoms with Crippen molar-refractivity contribution >= 4 is 16.8 Å². The van der Waals surface area contributed by atoms with Crippen molar-refractivity contribution in [2.45, 2.75) is 13.3 Å². The van der Waals surface area contributed by atoms with Crippen molar-refractivity contribution in [2.75, 3.05) is 7.11 Å². The van der Waals surface area contributed by atoms with Gasteiger partial charge in [0, 0.05) is 18.1 Å². The van der Waals surface area contributed by atoms with Crippen LogP contribution < -0.4 is 10.5 Å². The Morgan fingerprint density at radius 3 is 2.76 bits per heavy atom. The summed E-state index contributed by atoms with van der Waals surface area (Å²) < 4.78 is 7.38. The Bertz CT molecular complexity index is 585. The Labute approximate surface area is 100.0 Å². The van der Waals surface area contributed by atoms with Gasteiger partial charge in [-0.3, -0.25) is 4.79 Å². The monoisotopic (exact) mass is 232 g/mol. The second-order valence-corrected chi connectivity index (χ2v) is 4.12. The van der Waals surface area contributed by atoms with Crippen LogP contribution in [0.15, 0.2) is 18.2 Å². The van der Waals surface area contributed by atoms with Gasteiger partial charge in [-0.2, -0.15) is 0 Å². The maximum Gasteiger partial charge on any atom is 0.221 e. The molecule has 0 unspecified atom stereocenters. The fourth-order valence-electron chi connectivity index (χ4n) is 2.24. The predicted octanol–water partition coefficient (Wildman–Crippen LogP) is 1.52. The largest absolute Gasteiger partial charge is 0.495 e. The lowest BCUT2D eigenvalue weighted by Gasteiger charge is -2.04. The van der Waals surface area contributed by atoms with Crippen LogP contribution in [0.3, 0.4) is 0 Å². The van der Waals surface area contributed by atoms with Crippen LogP contribution >= 0.6 is 0 Å². The van der Waals surface area contributed by atoms with E-state index in [1.807, 2.05) is 36.7 Å². The zero-order valence-corrected chi connectivity index (χ0v) is 10.3. The summed E-state index contributed by atoms with van der Waals surface area (Å²) in [4.78, 5) is 11.1. The molecule has 2 rings (SSSR count). The van der Waals surface area contributed by atoms with E-state index in [4.69, 9.17) is 10.5 Å². The molecule has 1 aromatic heterocycles. The van der Waals surface area contributed by atoms with Gasteiger partial charge in [0.1, 0.15) is 5.75 Å². The first-order chi connectivity index (χ1) is 8.06. The summed E-state index contributed by atoms with van der Waals surface area (Å²) in [5.41, 5.74) is 8.31. The van der Waals surface area contributed by atoms with Crippen molar-refractivity contribution in [1.82, 2.24) is 4.57 Å². The molecule has 2 aromatic rings. The third kappa shape index (κ3) is 1.75. The molecule has 0 aliphatic heterocycles. The molecule has 0 radical (unpaired) electrons. The number of carbonyl (C=O) groups excluding carboxylic acids is 1. The minimum atomic E-state index is -0.316. The number of hydrogen-bond acceptors (Lipinski definition) is 2. The molecule has 0 bridgehead atoms. The standard InChI is InChI=1S/C13H16N2O2/c1-8-10(7-12(14)16)9-5-4-6-11(17-3)13(9)15(8)2/h4-6H,7H2,1-3H3,(H2,14,16). The second kappa shape index (κ2) is 4.13. The molecule has 0 saturated carbocycles. The Hall–Kier alpha value is -1.97. The van der Waals surface area contributed by atoms with E-state index in [0.29, 0.717) is 0 Å². The zero-order chi connectivity index (χ0) is 12.6. The van der Waals surface area contributed by atoms with E-state index in [-0.39, 0.29) is 12.3 Å². The molecule has 1 amide bonds. The van der Waals surface area contributed by atoms with Crippen LogP contribution in [0.2, 0.25) is 0 Å². The van der Waals surface area contributed by atoms with Crippen LogP contribution in [0.4, 0.5) is 0 Å². The number of methoxy groups -OCH3 is 1. The van der Waals surface area contributed by atoms with E-state index in [1.54, 1.807) is 7.11 Å². The molecular formula is C13H16N2O2. The van der Waals surface area contributed by atoms with E-state index in [2.05, 4.69) is 0 Å². The number of aryl methyl sites for hydroxylation is 1. The summed E-state index contributed by atoms with van der Waals surface area (Å²) in [6.45, 7) is 1.98. The van der Waals surface area contributed by atoms with Gasteiger partial charge in [-0.25, -0.2) is 0 Å². The van der Waals surface area contributed by atoms with Gasteiger partial charge in [-0.05, 0) is 18.6 Å². The smallest absolute Gasteiger partial charge is 0.221 e. The lowest BCUT2D eigenvalue weighted by Crippen LogP contribution is -2.14. The lowest BCUT2D eigenvalue weighted by molar-refractivity contribution is -0.117. The van der Waals surface area contributed by atoms with Crippen molar-refractivity contribution < 1.29 is 9.53 Å². The van der Waals surface area contributed by atoms with Crippen LogP contribution in [0, 0.1) is 6.92 Å². The number of benzene rings is 1. The Kier molecular flexibility index (Phi) is 2.79. The Morgan fingerprint density at radius 2 is 2.18 bits per heavy atom. The molecule has 17 heavy (non-hydrogen) atoms. The van der Waals surface area contributed by atoms with E-state index >= 15 is 0 Å². The van der Waals surface area contributed by atoms with Crippen molar-refractivity contribution in [3.63, 3.8) is 0 Å². The summed E-state index contributed by atoms with van der Waals surface area (Å²) in [7, 11) is 3.61. The van der Waals surface area contributed by atoms with Crippen molar-refractivity contribution in [1.29, 1.82) is 0 Å². The molecule has 0 spiro atoms. The van der Waals surface area contributed by atoms with Gasteiger partial charge >= 0.3 is 0 Å². The SMILES string of the molecule is COc1cccc2c(CC(N)=O)c(C)n(C)c12. The highest BCUT2D eigenvalue weighted by atomic mass is 16.5. The Balaban J connectivity index is 2.77. The highest BCUT2D eigenvalue weighted by molar-refractivity contribution is 5.93. The third-order valence-electron chi connectivity index (χ3n) is 3.17. The summed E-state index contributed by atoms with van der Waals surface area (Å²) in [6.07, 6.45) is 0.260. The number of nitrogens with two attached hydrogens (primary N) is 1. The molecule has 4 nitrogen and oxygen atoms in total. The number of ether oxygens (including phenoxy) is 1. The fourth-order valence-corrected chi connectivity index (χ4v) is 2.24. The number of fused-ring (bicyclic) bond motifs is 1. The van der Waals surface area contributed by atoms with E-state index in [1.165, 1.54) is 0 Å². The molecule has 1 aromatic carbocycles. The molecule has 2 N–H and O–H groups in total. The van der Waals surface area contributed by atoms with Crippen LogP contribution in [0.5, 0.6) is 5.75 Å². The first-order valence-electron chi connectivity index (χ1n) is 5.45. The number of nitrogens with zero attached hydrogens (tertiary/aromatic N) is 1. The number of amides is 1. The minimum Gasteiger partial charge on any atom is -0.495 e. The van der Waals surface area contributed by atoms with E-state index < -0.39 is 0 Å². The van der Waals surface area contributed by atoms with Crippen molar-refractivity contribution in [3.8, 4) is 5.75 Å². The number of aromatic nitrogens is 1. The van der Waals surface area contributed by atoms with Gasteiger partial charge in [0.15, 0.2) is 0 Å². The van der Waals surface area contributed by atoms with Gasteiger partial charge in [0.05, 0.1) is 19.0 Å². The summed E-state index contributed by atoms with van der Waals surface area (Å²) in [5, 5.41) is 1.03. The molecule has 90 valence electrons. The molecule has 0 aliphatic rings. The first-order valence-corrected chi connectivity index (χ1v) is 5.45. The quantitative estimate of drug-likeness (QED) is 0.872. The number of rotatable bonds is 3. The van der Waals surface area contributed by atoms with Gasteiger partial charge < -0.3 is 15.0 Å². The summed E-state index contributed by atoms with van der Waals surface area (Å²) in [6, 6.07) is 5.82. The summed E-state index contributed by atoms with van der Waals surface area (Å²) in [5.74, 6) is 0.493. The highest BCUT2D eigenvalue weighted by Crippen LogP contribution is 2.31.